The topological polar surface area (TPSA) is 152 Å². The summed E-state index contributed by atoms with van der Waals surface area (Å²) >= 11 is 5.48. The number of nitro groups is 1. The summed E-state index contributed by atoms with van der Waals surface area (Å²) in [6.07, 6.45) is 0. The van der Waals surface area contributed by atoms with E-state index in [1.807, 2.05) is 12.1 Å². The molecule has 0 aliphatic carbocycles. The van der Waals surface area contributed by atoms with Gasteiger partial charge in [-0.15, -0.1) is 0 Å². The van der Waals surface area contributed by atoms with Gasteiger partial charge in [0.15, 0.2) is 10.2 Å². The molecule has 5 rings (SSSR count). The molecule has 10 nitrogen and oxygen atoms in total. The summed E-state index contributed by atoms with van der Waals surface area (Å²) in [6.45, 7) is 0. The molecule has 2 aromatic carbocycles. The van der Waals surface area contributed by atoms with Gasteiger partial charge in [-0.3, -0.25) is 19.5 Å². The van der Waals surface area contributed by atoms with E-state index in [-0.39, 0.29) is 44.7 Å². The van der Waals surface area contributed by atoms with Crippen LogP contribution in [0.3, 0.4) is 0 Å². The Kier molecular flexibility index (Phi) is 3.77. The number of nitrogens with two attached hydrogens (primary N) is 1. The van der Waals surface area contributed by atoms with Crippen LogP contribution in [0.25, 0.3) is 5.69 Å². The lowest BCUT2D eigenvalue weighted by molar-refractivity contribution is -0.383. The molecule has 0 saturated heterocycles. The van der Waals surface area contributed by atoms with Crippen molar-refractivity contribution in [2.24, 2.45) is 5.73 Å². The van der Waals surface area contributed by atoms with Crippen LogP contribution in [-0.4, -0.2) is 20.4 Å². The SMILES string of the molecule is N#CC1=C(N)Oc2[nH]c(=S)n(-c3ccccc3)c2[C@@]12C(=O)Nc1c([N+](=O)[O-])cccc12. The molecule has 31 heavy (non-hydrogen) atoms. The fraction of sp³-hybridized carbons (Fsp3) is 0.0500. The Balaban J connectivity index is 1.96. The number of nitrogens with one attached hydrogen (secondary N) is 2. The summed E-state index contributed by atoms with van der Waals surface area (Å²) in [6, 6.07) is 15.2. The standard InChI is InChI=1S/C20H12N6O4S/c21-9-12-16(22)30-17-15(25(19(31)24-17)10-5-2-1-3-6-10)20(12)11-7-4-8-13(26(28)29)14(11)23-18(20)27/h1-8H,22H2,(H,23,27)(H,24,31)/t20-/m0/s1. The van der Waals surface area contributed by atoms with Crippen molar-refractivity contribution in [2.45, 2.75) is 5.41 Å². The number of carbonyl (C=O) groups excluding carboxylic acids is 1. The van der Waals surface area contributed by atoms with Gasteiger partial charge in [0.05, 0.1) is 4.92 Å². The third-order valence-electron chi connectivity index (χ3n) is 5.40. The van der Waals surface area contributed by atoms with E-state index in [1.165, 1.54) is 12.1 Å². The van der Waals surface area contributed by atoms with Gasteiger partial charge < -0.3 is 20.8 Å². The fourth-order valence-electron chi connectivity index (χ4n) is 4.20. The lowest BCUT2D eigenvalue weighted by Crippen LogP contribution is -2.43. The second-order valence-corrected chi connectivity index (χ2v) is 7.28. The smallest absolute Gasteiger partial charge is 0.293 e. The normalized spacial score (nSPS) is 18.7. The third kappa shape index (κ3) is 2.24. The van der Waals surface area contributed by atoms with Crippen LogP contribution in [0.5, 0.6) is 5.88 Å². The first kappa shape index (κ1) is 18.6. The van der Waals surface area contributed by atoms with E-state index in [0.717, 1.165) is 0 Å². The summed E-state index contributed by atoms with van der Waals surface area (Å²) in [5, 5.41) is 24.2. The third-order valence-corrected chi connectivity index (χ3v) is 5.68. The monoisotopic (exact) mass is 432 g/mol. The highest BCUT2D eigenvalue weighted by Crippen LogP contribution is 2.55. The largest absolute Gasteiger partial charge is 0.422 e. The van der Waals surface area contributed by atoms with E-state index in [4.69, 9.17) is 22.7 Å². The number of fused-ring (bicyclic) bond motifs is 4. The summed E-state index contributed by atoms with van der Waals surface area (Å²) < 4.78 is 7.40. The minimum absolute atomic E-state index is 0.00219. The number of hydrogen-bond donors (Lipinski definition) is 3. The molecule has 1 atom stereocenters. The number of benzene rings is 2. The number of H-pyrrole nitrogens is 1. The highest BCUT2D eigenvalue weighted by atomic mass is 32.1. The molecule has 3 heterocycles. The molecule has 1 spiro atoms. The fourth-order valence-corrected chi connectivity index (χ4v) is 4.49. The van der Waals surface area contributed by atoms with Gasteiger partial charge in [0.25, 0.3) is 5.69 Å². The number of anilines is 1. The van der Waals surface area contributed by atoms with Gasteiger partial charge >= 0.3 is 0 Å². The average Bonchev–Trinajstić information content (AvgIpc) is 3.23. The molecule has 2 aliphatic heterocycles. The number of hydrogen-bond acceptors (Lipinski definition) is 7. The van der Waals surface area contributed by atoms with Crippen molar-refractivity contribution in [1.82, 2.24) is 9.55 Å². The number of aromatic nitrogens is 2. The number of para-hydroxylation sites is 2. The summed E-state index contributed by atoms with van der Waals surface area (Å²) in [7, 11) is 0. The second-order valence-electron chi connectivity index (χ2n) is 6.89. The Labute approximate surface area is 179 Å². The molecule has 3 aromatic rings. The predicted molar refractivity (Wildman–Crippen MR) is 111 cm³/mol. The van der Waals surface area contributed by atoms with Crippen molar-refractivity contribution in [1.29, 1.82) is 5.26 Å². The first-order chi connectivity index (χ1) is 14.9. The summed E-state index contributed by atoms with van der Waals surface area (Å²) in [4.78, 5) is 27.5. The molecule has 1 amide bonds. The van der Waals surface area contributed by atoms with E-state index in [9.17, 15) is 20.2 Å². The highest BCUT2D eigenvalue weighted by Gasteiger charge is 2.60. The number of ether oxygens (including phenoxy) is 1. The van der Waals surface area contributed by atoms with Crippen LogP contribution in [0.4, 0.5) is 11.4 Å². The van der Waals surface area contributed by atoms with Crippen LogP contribution < -0.4 is 15.8 Å². The molecule has 1 aromatic heterocycles. The maximum absolute atomic E-state index is 13.6. The van der Waals surface area contributed by atoms with Gasteiger partial charge in [0.1, 0.15) is 23.0 Å². The van der Waals surface area contributed by atoms with Crippen LogP contribution in [0.2, 0.25) is 0 Å². The van der Waals surface area contributed by atoms with Crippen molar-refractivity contribution < 1.29 is 14.5 Å². The van der Waals surface area contributed by atoms with Crippen LogP contribution in [0, 0.1) is 26.2 Å². The lowest BCUT2D eigenvalue weighted by atomic mass is 9.71. The highest BCUT2D eigenvalue weighted by molar-refractivity contribution is 7.71. The number of nitriles is 1. The number of nitro benzene ring substituents is 1. The Morgan fingerprint density at radius 2 is 1.97 bits per heavy atom. The number of nitrogens with zero attached hydrogens (tertiary/aromatic N) is 3. The van der Waals surface area contributed by atoms with E-state index in [0.29, 0.717) is 5.69 Å². The lowest BCUT2D eigenvalue weighted by Gasteiger charge is -2.32. The van der Waals surface area contributed by atoms with Gasteiger partial charge in [0.2, 0.25) is 17.7 Å². The van der Waals surface area contributed by atoms with Crippen LogP contribution in [0.15, 0.2) is 60.0 Å². The van der Waals surface area contributed by atoms with Crippen molar-refractivity contribution in [3.05, 3.63) is 86.1 Å². The zero-order valence-corrected chi connectivity index (χ0v) is 16.4. The number of rotatable bonds is 2. The van der Waals surface area contributed by atoms with Crippen molar-refractivity contribution in [3.8, 4) is 17.6 Å². The number of carbonyl (C=O) groups is 1. The van der Waals surface area contributed by atoms with Gasteiger partial charge in [0, 0.05) is 17.3 Å². The molecule has 152 valence electrons. The first-order valence-corrected chi connectivity index (χ1v) is 9.40. The number of imidazole rings is 1. The molecule has 0 unspecified atom stereocenters. The number of amides is 1. The first-order valence-electron chi connectivity index (χ1n) is 8.99. The van der Waals surface area contributed by atoms with Crippen LogP contribution in [0.1, 0.15) is 11.3 Å². The van der Waals surface area contributed by atoms with Crippen molar-refractivity contribution >= 4 is 29.5 Å². The van der Waals surface area contributed by atoms with E-state index in [1.54, 1.807) is 34.9 Å². The van der Waals surface area contributed by atoms with E-state index >= 15 is 0 Å². The minimum Gasteiger partial charge on any atom is -0.422 e. The average molecular weight is 432 g/mol. The zero-order chi connectivity index (χ0) is 21.9. The molecule has 0 radical (unpaired) electrons. The zero-order valence-electron chi connectivity index (χ0n) is 15.6. The van der Waals surface area contributed by atoms with Crippen molar-refractivity contribution in [2.75, 3.05) is 5.32 Å². The Morgan fingerprint density at radius 1 is 1.23 bits per heavy atom. The summed E-state index contributed by atoms with van der Waals surface area (Å²) in [5.74, 6) is -0.875. The maximum atomic E-state index is 13.6. The van der Waals surface area contributed by atoms with Crippen molar-refractivity contribution in [3.63, 3.8) is 0 Å². The summed E-state index contributed by atoms with van der Waals surface area (Å²) in [5.41, 5.74) is 4.79. The molecule has 4 N–H and O–H groups in total. The Morgan fingerprint density at radius 3 is 2.65 bits per heavy atom. The van der Waals surface area contributed by atoms with Crippen LogP contribution in [-0.2, 0) is 10.2 Å². The number of aromatic amines is 1. The van der Waals surface area contributed by atoms with Gasteiger partial charge in [-0.1, -0.05) is 30.3 Å². The van der Waals surface area contributed by atoms with E-state index in [2.05, 4.69) is 10.3 Å². The quantitative estimate of drug-likeness (QED) is 0.320. The van der Waals surface area contributed by atoms with Gasteiger partial charge in [-0.05, 0) is 24.4 Å². The Bertz CT molecular complexity index is 1430. The molecular weight excluding hydrogens is 420 g/mol. The Hall–Kier alpha value is -4.43. The van der Waals surface area contributed by atoms with Gasteiger partial charge in [-0.25, -0.2) is 0 Å². The molecular formula is C20H12N6O4S. The predicted octanol–water partition coefficient (Wildman–Crippen LogP) is 2.77. The molecule has 0 fully saturated rings. The minimum atomic E-state index is -1.79. The van der Waals surface area contributed by atoms with E-state index < -0.39 is 16.2 Å². The van der Waals surface area contributed by atoms with Crippen LogP contribution >= 0.6 is 12.2 Å². The van der Waals surface area contributed by atoms with Gasteiger partial charge in [-0.2, -0.15) is 5.26 Å². The molecule has 11 heteroatoms. The second kappa shape index (κ2) is 6.28. The molecule has 0 saturated carbocycles. The molecule has 2 aliphatic rings. The maximum Gasteiger partial charge on any atom is 0.293 e. The molecule has 0 bridgehead atoms.